The standard InChI is InChI=1S/C6H7N3.C6H9N.C6H8O.C5H7Cl.C4H8O/c7-9-8-5-1-2-6-3-4-6;2*7-5-1-2-6-3-4-6;1-2-3-4-5-6;1-2-4-5-3-1/h6H,3-5H2;6H,3-5,7H2;6-7H,3-5H2;1H,3-5H2;1-4H2. The molecular weight excluding hydrogens is 448 g/mol. The van der Waals surface area contributed by atoms with E-state index in [2.05, 4.69) is 51.5 Å². The van der Waals surface area contributed by atoms with Crippen LogP contribution in [0, 0.1) is 65.6 Å². The van der Waals surface area contributed by atoms with Gasteiger partial charge in [0.1, 0.15) is 6.61 Å². The van der Waals surface area contributed by atoms with Crippen molar-refractivity contribution in [3.05, 3.63) is 10.4 Å². The molecule has 4 fully saturated rings. The van der Waals surface area contributed by atoms with E-state index < -0.39 is 0 Å². The van der Waals surface area contributed by atoms with Gasteiger partial charge in [-0.2, -0.15) is 0 Å². The number of nitrogens with two attached hydrogens (primary N) is 1. The van der Waals surface area contributed by atoms with Gasteiger partial charge in [-0.05, 0) is 63.3 Å². The second-order valence-electron chi connectivity index (χ2n) is 7.85. The molecule has 4 rings (SSSR count). The van der Waals surface area contributed by atoms with Crippen molar-refractivity contribution in [3.63, 3.8) is 0 Å². The summed E-state index contributed by atoms with van der Waals surface area (Å²) in [5.74, 6) is 22.3. The summed E-state index contributed by atoms with van der Waals surface area (Å²) >= 11 is 5.28. The van der Waals surface area contributed by atoms with Gasteiger partial charge < -0.3 is 15.6 Å². The van der Waals surface area contributed by atoms with Crippen molar-refractivity contribution in [2.75, 3.05) is 38.8 Å². The minimum Gasteiger partial charge on any atom is -0.384 e. The summed E-state index contributed by atoms with van der Waals surface area (Å²) in [5, 5.41) is 11.4. The predicted octanol–water partition coefficient (Wildman–Crippen LogP) is 4.90. The normalized spacial score (nSPS) is 16.2. The lowest BCUT2D eigenvalue weighted by atomic mass is 10.4. The molecule has 186 valence electrons. The van der Waals surface area contributed by atoms with Crippen LogP contribution < -0.4 is 5.73 Å². The molecule has 0 unspecified atom stereocenters. The van der Waals surface area contributed by atoms with Crippen LogP contribution in [0.2, 0.25) is 0 Å². The average Bonchev–Trinajstić information content (AvgIpc) is 3.77. The van der Waals surface area contributed by atoms with Crippen molar-refractivity contribution in [1.29, 1.82) is 0 Å². The summed E-state index contributed by atoms with van der Waals surface area (Å²) in [4.78, 5) is 2.58. The van der Waals surface area contributed by atoms with Crippen molar-refractivity contribution >= 4 is 11.6 Å². The highest BCUT2D eigenvalue weighted by Gasteiger charge is 2.18. The number of alkyl halides is 1. The van der Waals surface area contributed by atoms with Crippen molar-refractivity contribution in [1.82, 2.24) is 0 Å². The van der Waals surface area contributed by atoms with Crippen LogP contribution in [0.5, 0.6) is 0 Å². The number of hydrogen-bond donors (Lipinski definition) is 2. The fourth-order valence-corrected chi connectivity index (χ4v) is 2.15. The zero-order chi connectivity index (χ0) is 25.1. The Morgan fingerprint density at radius 3 is 1.82 bits per heavy atom. The van der Waals surface area contributed by atoms with Gasteiger partial charge in [-0.15, -0.1) is 23.9 Å². The van der Waals surface area contributed by atoms with Crippen molar-refractivity contribution in [2.45, 2.75) is 64.2 Å². The van der Waals surface area contributed by atoms with Crippen LogP contribution in [0.1, 0.15) is 64.2 Å². The van der Waals surface area contributed by atoms with E-state index >= 15 is 0 Å². The molecule has 3 saturated carbocycles. The minimum absolute atomic E-state index is 0.0243. The summed E-state index contributed by atoms with van der Waals surface area (Å²) in [6.45, 7) is 2.88. The van der Waals surface area contributed by atoms with Crippen molar-refractivity contribution in [3.8, 4) is 47.9 Å². The van der Waals surface area contributed by atoms with Gasteiger partial charge in [0.2, 0.25) is 0 Å². The van der Waals surface area contributed by atoms with Gasteiger partial charge in [-0.25, -0.2) is 0 Å². The lowest BCUT2D eigenvalue weighted by Crippen LogP contribution is -1.92. The van der Waals surface area contributed by atoms with Gasteiger partial charge in [-0.3, -0.25) is 0 Å². The largest absolute Gasteiger partial charge is 0.384 e. The van der Waals surface area contributed by atoms with Crippen molar-refractivity contribution in [2.24, 2.45) is 28.6 Å². The molecule has 7 heteroatoms. The quantitative estimate of drug-likeness (QED) is 0.148. The molecular formula is C27H39ClN4O2. The van der Waals surface area contributed by atoms with Gasteiger partial charge in [0.15, 0.2) is 0 Å². The molecule has 4 aliphatic rings. The number of unbranched alkanes of at least 4 members (excludes halogenated alkanes) is 1. The molecule has 1 saturated heterocycles. The molecule has 6 nitrogen and oxygen atoms in total. The van der Waals surface area contributed by atoms with Gasteiger partial charge >= 0.3 is 0 Å². The number of nitrogens with zero attached hydrogens (tertiary/aromatic N) is 3. The molecule has 1 aliphatic heterocycles. The zero-order valence-corrected chi connectivity index (χ0v) is 21.0. The Balaban J connectivity index is 0.000000406. The molecule has 1 heterocycles. The maximum atomic E-state index is 8.17. The summed E-state index contributed by atoms with van der Waals surface area (Å²) in [5.41, 5.74) is 13.0. The Kier molecular flexibility index (Phi) is 23.6. The average molecular weight is 487 g/mol. The minimum atomic E-state index is 0.0243. The SMILES string of the molecule is C#CCCCCl.C1CCOC1.NCC#CC1CC1.OCC#CC1CC1.[N-]=[N+]=NCC#CC1CC1. The van der Waals surface area contributed by atoms with Crippen LogP contribution in [0.3, 0.4) is 0 Å². The first-order valence-corrected chi connectivity index (χ1v) is 12.6. The third-order valence-electron chi connectivity index (χ3n) is 4.33. The van der Waals surface area contributed by atoms with Gasteiger partial charge in [0.05, 0.1) is 13.1 Å². The van der Waals surface area contributed by atoms with Crippen LogP contribution in [0.25, 0.3) is 10.4 Å². The molecule has 0 aromatic rings. The number of halogens is 1. The molecule has 0 amide bonds. The van der Waals surface area contributed by atoms with Crippen LogP contribution in [-0.2, 0) is 4.74 Å². The maximum Gasteiger partial charge on any atom is 0.104 e. The third kappa shape index (κ3) is 29.7. The van der Waals surface area contributed by atoms with E-state index in [0.29, 0.717) is 36.7 Å². The third-order valence-corrected chi connectivity index (χ3v) is 4.59. The Morgan fingerprint density at radius 2 is 1.50 bits per heavy atom. The number of aliphatic hydroxyl groups is 1. The number of aliphatic hydroxyl groups excluding tert-OH is 1. The van der Waals surface area contributed by atoms with E-state index in [4.69, 9.17) is 39.1 Å². The first-order valence-electron chi connectivity index (χ1n) is 12.1. The summed E-state index contributed by atoms with van der Waals surface area (Å²) in [7, 11) is 0. The molecule has 0 spiro atoms. The van der Waals surface area contributed by atoms with Crippen LogP contribution in [0.15, 0.2) is 5.11 Å². The van der Waals surface area contributed by atoms with Crippen LogP contribution in [-0.4, -0.2) is 43.9 Å². The first-order chi connectivity index (χ1) is 16.7. The van der Waals surface area contributed by atoms with Gasteiger partial charge in [0, 0.05) is 48.2 Å². The highest BCUT2D eigenvalue weighted by atomic mass is 35.5. The van der Waals surface area contributed by atoms with Crippen LogP contribution >= 0.6 is 11.6 Å². The molecule has 0 bridgehead atoms. The lowest BCUT2D eigenvalue weighted by molar-refractivity contribution is 0.198. The van der Waals surface area contributed by atoms with E-state index in [1.165, 1.54) is 51.4 Å². The number of hydrogen-bond acceptors (Lipinski definition) is 4. The fraction of sp³-hybridized carbons (Fsp3) is 0.704. The van der Waals surface area contributed by atoms with E-state index in [-0.39, 0.29) is 6.61 Å². The molecule has 34 heavy (non-hydrogen) atoms. The van der Waals surface area contributed by atoms with Crippen LogP contribution in [0.4, 0.5) is 0 Å². The summed E-state index contributed by atoms with van der Waals surface area (Å²) < 4.78 is 4.94. The molecule has 3 aliphatic carbocycles. The van der Waals surface area contributed by atoms with Gasteiger partial charge in [0.25, 0.3) is 0 Å². The smallest absolute Gasteiger partial charge is 0.104 e. The van der Waals surface area contributed by atoms with Crippen molar-refractivity contribution < 1.29 is 9.84 Å². The Hall–Kier alpha value is -2.28. The van der Waals surface area contributed by atoms with E-state index in [1.807, 2.05) is 0 Å². The van der Waals surface area contributed by atoms with E-state index in [0.717, 1.165) is 26.1 Å². The molecule has 0 radical (unpaired) electrons. The number of rotatable bonds is 3. The number of ether oxygens (including phenoxy) is 1. The van der Waals surface area contributed by atoms with Gasteiger partial charge in [-0.1, -0.05) is 40.6 Å². The number of azide groups is 1. The Labute approximate surface area is 211 Å². The number of terminal acetylenes is 1. The summed E-state index contributed by atoms with van der Waals surface area (Å²) in [6.07, 6.45) is 16.7. The monoisotopic (exact) mass is 486 g/mol. The molecule has 0 aromatic carbocycles. The lowest BCUT2D eigenvalue weighted by Gasteiger charge is -1.77. The zero-order valence-electron chi connectivity index (χ0n) is 20.3. The topological polar surface area (TPSA) is 104 Å². The predicted molar refractivity (Wildman–Crippen MR) is 140 cm³/mol. The summed E-state index contributed by atoms with van der Waals surface area (Å²) in [6, 6.07) is 0. The molecule has 0 aromatic heterocycles. The Bertz CT molecular complexity index is 732. The van der Waals surface area contributed by atoms with E-state index in [9.17, 15) is 0 Å². The highest BCUT2D eigenvalue weighted by Crippen LogP contribution is 2.28. The Morgan fingerprint density at radius 1 is 0.971 bits per heavy atom. The second kappa shape index (κ2) is 25.3. The maximum absolute atomic E-state index is 8.17. The first kappa shape index (κ1) is 31.7. The fourth-order valence-electron chi connectivity index (χ4n) is 2.01. The highest BCUT2D eigenvalue weighted by molar-refractivity contribution is 6.17. The molecule has 3 N–H and O–H groups in total. The second-order valence-corrected chi connectivity index (χ2v) is 8.23. The van der Waals surface area contributed by atoms with E-state index in [1.54, 1.807) is 0 Å². The molecule has 0 atom stereocenters.